The van der Waals surface area contributed by atoms with Gasteiger partial charge < -0.3 is 5.32 Å². The molecule has 5 nitrogen and oxygen atoms in total. The van der Waals surface area contributed by atoms with E-state index in [-0.39, 0.29) is 17.3 Å². The molecule has 0 aliphatic carbocycles. The second kappa shape index (κ2) is 6.93. The van der Waals surface area contributed by atoms with Crippen LogP contribution in [-0.4, -0.2) is 32.2 Å². The maximum Gasteiger partial charge on any atom is 0.243 e. The Morgan fingerprint density at radius 2 is 1.74 bits per heavy atom. The minimum Gasteiger partial charge on any atom is -0.325 e. The number of hydrogen-bond donors (Lipinski definition) is 1. The quantitative estimate of drug-likeness (QED) is 0.915. The average Bonchev–Trinajstić information content (AvgIpc) is 2.51. The van der Waals surface area contributed by atoms with E-state index in [1.165, 1.54) is 19.2 Å². The molecular formula is C17H20N2O3S. The van der Waals surface area contributed by atoms with Crippen molar-refractivity contribution in [3.8, 4) is 0 Å². The zero-order valence-electron chi connectivity index (χ0n) is 13.4. The third kappa shape index (κ3) is 4.18. The summed E-state index contributed by atoms with van der Waals surface area (Å²) in [6.07, 6.45) is 0. The summed E-state index contributed by atoms with van der Waals surface area (Å²) in [6.45, 7) is 3.62. The van der Waals surface area contributed by atoms with Crippen LogP contribution in [0.3, 0.4) is 0 Å². The van der Waals surface area contributed by atoms with E-state index in [4.69, 9.17) is 0 Å². The highest BCUT2D eigenvalue weighted by Gasteiger charge is 2.22. The number of anilines is 1. The van der Waals surface area contributed by atoms with Gasteiger partial charge in [0.15, 0.2) is 0 Å². The number of carbonyl (C=O) groups is 1. The normalized spacial score (nSPS) is 11.5. The molecule has 6 heteroatoms. The molecule has 0 unspecified atom stereocenters. The van der Waals surface area contributed by atoms with E-state index in [2.05, 4.69) is 5.32 Å². The van der Waals surface area contributed by atoms with Gasteiger partial charge in [-0.15, -0.1) is 0 Å². The van der Waals surface area contributed by atoms with Crippen molar-refractivity contribution in [2.45, 2.75) is 18.7 Å². The largest absolute Gasteiger partial charge is 0.325 e. The van der Waals surface area contributed by atoms with Gasteiger partial charge in [-0.3, -0.25) is 4.79 Å². The van der Waals surface area contributed by atoms with Crippen molar-refractivity contribution in [3.63, 3.8) is 0 Å². The lowest BCUT2D eigenvalue weighted by molar-refractivity contribution is -0.116. The topological polar surface area (TPSA) is 66.5 Å². The SMILES string of the molecule is Cc1ccc(NC(=O)CN(C)S(=O)(=O)c2ccccc2)c(C)c1. The first-order valence-electron chi connectivity index (χ1n) is 7.19. The molecule has 0 aliphatic heterocycles. The zero-order chi connectivity index (χ0) is 17.0. The Hall–Kier alpha value is -2.18. The van der Waals surface area contributed by atoms with Crippen LogP contribution in [0.15, 0.2) is 53.4 Å². The van der Waals surface area contributed by atoms with Gasteiger partial charge in [0, 0.05) is 12.7 Å². The molecule has 122 valence electrons. The van der Waals surface area contributed by atoms with E-state index < -0.39 is 10.0 Å². The molecule has 0 fully saturated rings. The van der Waals surface area contributed by atoms with Gasteiger partial charge in [-0.1, -0.05) is 35.9 Å². The Balaban J connectivity index is 2.08. The predicted molar refractivity (Wildman–Crippen MR) is 90.8 cm³/mol. The number of amides is 1. The van der Waals surface area contributed by atoms with Crippen molar-refractivity contribution in [1.82, 2.24) is 4.31 Å². The Kier molecular flexibility index (Phi) is 5.18. The Labute approximate surface area is 137 Å². The molecule has 23 heavy (non-hydrogen) atoms. The number of nitrogens with zero attached hydrogens (tertiary/aromatic N) is 1. The Morgan fingerprint density at radius 3 is 2.35 bits per heavy atom. The van der Waals surface area contributed by atoms with Crippen molar-refractivity contribution in [1.29, 1.82) is 0 Å². The molecule has 2 rings (SSSR count). The highest BCUT2D eigenvalue weighted by molar-refractivity contribution is 7.89. The summed E-state index contributed by atoms with van der Waals surface area (Å²) in [6, 6.07) is 13.7. The smallest absolute Gasteiger partial charge is 0.243 e. The number of carbonyl (C=O) groups excluding carboxylic acids is 1. The summed E-state index contributed by atoms with van der Waals surface area (Å²) in [5.41, 5.74) is 2.72. The minimum atomic E-state index is -3.67. The van der Waals surface area contributed by atoms with Crippen molar-refractivity contribution in [3.05, 3.63) is 59.7 Å². The number of rotatable bonds is 5. The summed E-state index contributed by atoms with van der Waals surface area (Å²) in [5, 5.41) is 2.75. The fourth-order valence-corrected chi connectivity index (χ4v) is 3.35. The molecule has 0 bridgehead atoms. The fraction of sp³-hybridized carbons (Fsp3) is 0.235. The van der Waals surface area contributed by atoms with Gasteiger partial charge in [0.1, 0.15) is 0 Å². The molecule has 0 atom stereocenters. The maximum atomic E-state index is 12.4. The monoisotopic (exact) mass is 332 g/mol. The predicted octanol–water partition coefficient (Wildman–Crippen LogP) is 2.56. The lowest BCUT2D eigenvalue weighted by Crippen LogP contribution is -2.35. The first-order chi connectivity index (χ1) is 10.8. The number of hydrogen-bond acceptors (Lipinski definition) is 3. The summed E-state index contributed by atoms with van der Waals surface area (Å²) in [5.74, 6) is -0.376. The zero-order valence-corrected chi connectivity index (χ0v) is 14.2. The summed E-state index contributed by atoms with van der Waals surface area (Å²) < 4.78 is 25.8. The van der Waals surface area contributed by atoms with Crippen LogP contribution in [0.4, 0.5) is 5.69 Å². The number of benzene rings is 2. The molecule has 0 heterocycles. The van der Waals surface area contributed by atoms with Crippen LogP contribution in [-0.2, 0) is 14.8 Å². The van der Waals surface area contributed by atoms with Gasteiger partial charge in [-0.2, -0.15) is 4.31 Å². The van der Waals surface area contributed by atoms with Gasteiger partial charge in [0.25, 0.3) is 0 Å². The van der Waals surface area contributed by atoms with E-state index >= 15 is 0 Å². The number of likely N-dealkylation sites (N-methyl/N-ethyl adjacent to an activating group) is 1. The minimum absolute atomic E-state index is 0.168. The van der Waals surface area contributed by atoms with Crippen molar-refractivity contribution in [2.75, 3.05) is 18.9 Å². The molecule has 2 aromatic carbocycles. The molecule has 1 N–H and O–H groups in total. The lowest BCUT2D eigenvalue weighted by atomic mass is 10.1. The maximum absolute atomic E-state index is 12.4. The molecular weight excluding hydrogens is 312 g/mol. The van der Waals surface area contributed by atoms with E-state index in [0.29, 0.717) is 5.69 Å². The van der Waals surface area contributed by atoms with E-state index in [1.807, 2.05) is 32.0 Å². The van der Waals surface area contributed by atoms with Gasteiger partial charge in [-0.25, -0.2) is 8.42 Å². The van der Waals surface area contributed by atoms with Gasteiger partial charge in [0.2, 0.25) is 15.9 Å². The Morgan fingerprint density at radius 1 is 1.09 bits per heavy atom. The van der Waals surface area contributed by atoms with E-state index in [0.717, 1.165) is 15.4 Å². The van der Waals surface area contributed by atoms with Crippen LogP contribution in [0, 0.1) is 13.8 Å². The van der Waals surface area contributed by atoms with Crippen LogP contribution >= 0.6 is 0 Å². The van der Waals surface area contributed by atoms with Gasteiger partial charge >= 0.3 is 0 Å². The van der Waals surface area contributed by atoms with Crippen molar-refractivity contribution < 1.29 is 13.2 Å². The van der Waals surface area contributed by atoms with E-state index in [9.17, 15) is 13.2 Å². The van der Waals surface area contributed by atoms with Crippen LogP contribution in [0.5, 0.6) is 0 Å². The summed E-state index contributed by atoms with van der Waals surface area (Å²) in [4.78, 5) is 12.3. The van der Waals surface area contributed by atoms with E-state index in [1.54, 1.807) is 18.2 Å². The average molecular weight is 332 g/mol. The van der Waals surface area contributed by atoms with Crippen LogP contribution < -0.4 is 5.32 Å². The first-order valence-corrected chi connectivity index (χ1v) is 8.63. The molecule has 0 saturated heterocycles. The molecule has 0 spiro atoms. The fourth-order valence-electron chi connectivity index (χ4n) is 2.20. The molecule has 1 amide bonds. The second-order valence-electron chi connectivity index (χ2n) is 5.44. The summed E-state index contributed by atoms with van der Waals surface area (Å²) in [7, 11) is -2.28. The number of sulfonamides is 1. The highest BCUT2D eigenvalue weighted by Crippen LogP contribution is 2.17. The van der Waals surface area contributed by atoms with Gasteiger partial charge in [-0.05, 0) is 37.6 Å². The van der Waals surface area contributed by atoms with Crippen LogP contribution in [0.25, 0.3) is 0 Å². The Bertz CT molecular complexity index is 802. The number of aryl methyl sites for hydroxylation is 2. The van der Waals surface area contributed by atoms with Crippen molar-refractivity contribution in [2.24, 2.45) is 0 Å². The lowest BCUT2D eigenvalue weighted by Gasteiger charge is -2.17. The standard InChI is InChI=1S/C17H20N2O3S/c1-13-9-10-16(14(2)11-13)18-17(20)12-19(3)23(21,22)15-7-5-4-6-8-15/h4-11H,12H2,1-3H3,(H,18,20). The summed E-state index contributed by atoms with van der Waals surface area (Å²) >= 11 is 0. The molecule has 2 aromatic rings. The van der Waals surface area contributed by atoms with Crippen molar-refractivity contribution >= 4 is 21.6 Å². The molecule has 0 saturated carbocycles. The first kappa shape index (κ1) is 17.2. The number of nitrogens with one attached hydrogen (secondary N) is 1. The molecule has 0 radical (unpaired) electrons. The third-order valence-electron chi connectivity index (χ3n) is 3.47. The third-order valence-corrected chi connectivity index (χ3v) is 5.29. The highest BCUT2D eigenvalue weighted by atomic mass is 32.2. The second-order valence-corrected chi connectivity index (χ2v) is 7.49. The molecule has 0 aliphatic rings. The van der Waals surface area contributed by atoms with Crippen LogP contribution in [0.1, 0.15) is 11.1 Å². The molecule has 0 aromatic heterocycles. The van der Waals surface area contributed by atoms with Gasteiger partial charge in [0.05, 0.1) is 11.4 Å². The van der Waals surface area contributed by atoms with Crippen LogP contribution in [0.2, 0.25) is 0 Å².